The highest BCUT2D eigenvalue weighted by molar-refractivity contribution is 14.1. The summed E-state index contributed by atoms with van der Waals surface area (Å²) in [5.74, 6) is 0.973. The van der Waals surface area contributed by atoms with Crippen molar-refractivity contribution < 1.29 is 0 Å². The van der Waals surface area contributed by atoms with Crippen molar-refractivity contribution in [3.05, 3.63) is 27.3 Å². The van der Waals surface area contributed by atoms with Gasteiger partial charge in [-0.25, -0.2) is 0 Å². The Morgan fingerprint density at radius 1 is 1.24 bits per heavy atom. The molecule has 94 valence electrons. The van der Waals surface area contributed by atoms with Crippen molar-refractivity contribution in [3.8, 4) is 0 Å². The first-order valence-electron chi connectivity index (χ1n) is 6.76. The Morgan fingerprint density at radius 2 is 2.00 bits per heavy atom. The van der Waals surface area contributed by atoms with Gasteiger partial charge < -0.3 is 5.32 Å². The van der Waals surface area contributed by atoms with E-state index < -0.39 is 0 Å². The summed E-state index contributed by atoms with van der Waals surface area (Å²) in [6.07, 6.45) is 8.60. The molecule has 1 nitrogen and oxygen atoms in total. The van der Waals surface area contributed by atoms with Gasteiger partial charge in [0.1, 0.15) is 0 Å². The molecule has 0 saturated heterocycles. The largest absolute Gasteiger partial charge is 0.385 e. The van der Waals surface area contributed by atoms with E-state index in [4.69, 9.17) is 0 Å². The first-order valence-corrected chi connectivity index (χ1v) is 7.83. The number of halogens is 1. The van der Waals surface area contributed by atoms with E-state index in [9.17, 15) is 0 Å². The smallest absolute Gasteiger partial charge is 0.0350 e. The van der Waals surface area contributed by atoms with Crippen molar-refractivity contribution in [2.45, 2.75) is 45.4 Å². The van der Waals surface area contributed by atoms with Gasteiger partial charge in [0.05, 0.1) is 0 Å². The number of anilines is 1. The Bertz CT molecular complexity index is 356. The molecule has 0 amide bonds. The fourth-order valence-corrected chi connectivity index (χ4v) is 3.11. The summed E-state index contributed by atoms with van der Waals surface area (Å²) >= 11 is 2.40. The van der Waals surface area contributed by atoms with Crippen LogP contribution in [0.5, 0.6) is 0 Å². The van der Waals surface area contributed by atoms with Gasteiger partial charge in [-0.2, -0.15) is 0 Å². The molecule has 1 aromatic carbocycles. The third-order valence-electron chi connectivity index (χ3n) is 3.78. The van der Waals surface area contributed by atoms with Gasteiger partial charge in [-0.1, -0.05) is 38.2 Å². The van der Waals surface area contributed by atoms with Gasteiger partial charge in [0, 0.05) is 15.8 Å². The number of hydrogen-bond acceptors (Lipinski definition) is 1. The summed E-state index contributed by atoms with van der Waals surface area (Å²) in [6, 6.07) is 6.64. The third-order valence-corrected chi connectivity index (χ3v) is 4.94. The zero-order chi connectivity index (χ0) is 12.1. The van der Waals surface area contributed by atoms with Crippen molar-refractivity contribution in [1.82, 2.24) is 0 Å². The standard InChI is InChI=1S/C15H22IN/c1-12-7-8-14(11-15(12)16)17-10-9-13-5-3-2-4-6-13/h7-8,11,13,17H,2-6,9-10H2,1H3. The molecule has 0 aliphatic heterocycles. The molecule has 17 heavy (non-hydrogen) atoms. The first kappa shape index (κ1) is 13.2. The first-order chi connectivity index (χ1) is 8.25. The van der Waals surface area contributed by atoms with Crippen LogP contribution in [0.3, 0.4) is 0 Å². The maximum absolute atomic E-state index is 3.56. The highest BCUT2D eigenvalue weighted by Gasteiger charge is 2.12. The lowest BCUT2D eigenvalue weighted by Gasteiger charge is -2.21. The predicted octanol–water partition coefficient (Wildman–Crippen LogP) is 4.98. The van der Waals surface area contributed by atoms with Crippen molar-refractivity contribution in [3.63, 3.8) is 0 Å². The van der Waals surface area contributed by atoms with Gasteiger partial charge >= 0.3 is 0 Å². The Kier molecular flexibility index (Phi) is 5.14. The summed E-state index contributed by atoms with van der Waals surface area (Å²) in [6.45, 7) is 3.29. The molecule has 1 aliphatic rings. The quantitative estimate of drug-likeness (QED) is 0.760. The van der Waals surface area contributed by atoms with Crippen LogP contribution in [0.15, 0.2) is 18.2 Å². The van der Waals surface area contributed by atoms with Crippen molar-refractivity contribution in [2.75, 3.05) is 11.9 Å². The summed E-state index contributed by atoms with van der Waals surface area (Å²) < 4.78 is 1.35. The molecule has 2 rings (SSSR count). The van der Waals surface area contributed by atoms with Gasteiger partial charge in [-0.15, -0.1) is 0 Å². The molecule has 1 aromatic rings. The van der Waals surface area contributed by atoms with Crippen LogP contribution in [-0.4, -0.2) is 6.54 Å². The van der Waals surface area contributed by atoms with Gasteiger partial charge in [-0.3, -0.25) is 0 Å². The van der Waals surface area contributed by atoms with Gasteiger partial charge in [0.25, 0.3) is 0 Å². The number of rotatable bonds is 4. The molecular weight excluding hydrogens is 321 g/mol. The molecule has 0 aromatic heterocycles. The average Bonchev–Trinajstić information content (AvgIpc) is 2.35. The van der Waals surface area contributed by atoms with Gasteiger partial charge in [0.15, 0.2) is 0 Å². The number of aryl methyl sites for hydroxylation is 1. The van der Waals surface area contributed by atoms with E-state index in [-0.39, 0.29) is 0 Å². The summed E-state index contributed by atoms with van der Waals surface area (Å²) in [7, 11) is 0. The Labute approximate surface area is 119 Å². The number of benzene rings is 1. The van der Waals surface area contributed by atoms with E-state index in [0.29, 0.717) is 0 Å². The maximum Gasteiger partial charge on any atom is 0.0350 e. The van der Waals surface area contributed by atoms with Crippen molar-refractivity contribution in [2.24, 2.45) is 5.92 Å². The Morgan fingerprint density at radius 3 is 2.71 bits per heavy atom. The minimum atomic E-state index is 0.973. The molecular formula is C15H22IN. The summed E-state index contributed by atoms with van der Waals surface area (Å²) in [4.78, 5) is 0. The van der Waals surface area contributed by atoms with Crippen LogP contribution in [0.25, 0.3) is 0 Å². The molecule has 2 heteroatoms. The zero-order valence-corrected chi connectivity index (χ0v) is 12.8. The van der Waals surface area contributed by atoms with Gasteiger partial charge in [-0.05, 0) is 59.5 Å². The van der Waals surface area contributed by atoms with E-state index >= 15 is 0 Å². The minimum Gasteiger partial charge on any atom is -0.385 e. The van der Waals surface area contributed by atoms with Crippen LogP contribution >= 0.6 is 22.6 Å². The summed E-state index contributed by atoms with van der Waals surface area (Å²) in [5, 5.41) is 3.56. The molecule has 0 radical (unpaired) electrons. The van der Waals surface area contributed by atoms with Crippen molar-refractivity contribution >= 4 is 28.3 Å². The SMILES string of the molecule is Cc1ccc(NCCC2CCCCC2)cc1I. The number of nitrogens with one attached hydrogen (secondary N) is 1. The molecule has 0 atom stereocenters. The van der Waals surface area contributed by atoms with Crippen LogP contribution in [0.4, 0.5) is 5.69 Å². The molecule has 1 aliphatic carbocycles. The average molecular weight is 343 g/mol. The van der Waals surface area contributed by atoms with Crippen LogP contribution in [-0.2, 0) is 0 Å². The van der Waals surface area contributed by atoms with Crippen LogP contribution in [0.1, 0.15) is 44.1 Å². The molecule has 0 bridgehead atoms. The van der Waals surface area contributed by atoms with E-state index in [2.05, 4.69) is 53.0 Å². The van der Waals surface area contributed by atoms with E-state index in [0.717, 1.165) is 12.5 Å². The second-order valence-electron chi connectivity index (χ2n) is 5.18. The minimum absolute atomic E-state index is 0.973. The Balaban J connectivity index is 1.75. The number of hydrogen-bond donors (Lipinski definition) is 1. The Hall–Kier alpha value is -0.250. The molecule has 0 unspecified atom stereocenters. The van der Waals surface area contributed by atoms with Crippen molar-refractivity contribution in [1.29, 1.82) is 0 Å². The van der Waals surface area contributed by atoms with Crippen LogP contribution < -0.4 is 5.32 Å². The van der Waals surface area contributed by atoms with E-state index in [1.54, 1.807) is 0 Å². The lowest BCUT2D eigenvalue weighted by Crippen LogP contribution is -2.12. The topological polar surface area (TPSA) is 12.0 Å². The molecule has 1 N–H and O–H groups in total. The predicted molar refractivity (Wildman–Crippen MR) is 83.6 cm³/mol. The lowest BCUT2D eigenvalue weighted by atomic mass is 9.87. The highest BCUT2D eigenvalue weighted by atomic mass is 127. The second-order valence-corrected chi connectivity index (χ2v) is 6.35. The van der Waals surface area contributed by atoms with Crippen LogP contribution in [0.2, 0.25) is 0 Å². The van der Waals surface area contributed by atoms with E-state index in [1.807, 2.05) is 0 Å². The maximum atomic E-state index is 3.56. The second kappa shape index (κ2) is 6.62. The third kappa shape index (κ3) is 4.16. The molecule has 0 heterocycles. The van der Waals surface area contributed by atoms with Gasteiger partial charge in [0.2, 0.25) is 0 Å². The van der Waals surface area contributed by atoms with E-state index in [1.165, 1.54) is 53.3 Å². The fraction of sp³-hybridized carbons (Fsp3) is 0.600. The molecule has 0 spiro atoms. The lowest BCUT2D eigenvalue weighted by molar-refractivity contribution is 0.345. The highest BCUT2D eigenvalue weighted by Crippen LogP contribution is 2.26. The zero-order valence-electron chi connectivity index (χ0n) is 10.6. The van der Waals surface area contributed by atoms with Crippen LogP contribution in [0, 0.1) is 16.4 Å². The normalized spacial score (nSPS) is 17.1. The summed E-state index contributed by atoms with van der Waals surface area (Å²) in [5.41, 5.74) is 2.64. The molecule has 1 fully saturated rings. The monoisotopic (exact) mass is 343 g/mol. The fourth-order valence-electron chi connectivity index (χ4n) is 2.60. The molecule has 1 saturated carbocycles.